The number of rotatable bonds is 6. The molecule has 1 aromatic rings. The second kappa shape index (κ2) is 9.41. The van der Waals surface area contributed by atoms with Crippen molar-refractivity contribution in [3.05, 3.63) is 28.8 Å². The molecular formula is C15H17ClN2O6. The number of hydrogen-bond donors (Lipinski definition) is 2. The minimum atomic E-state index is -0.757. The second-order valence-corrected chi connectivity index (χ2v) is 4.71. The van der Waals surface area contributed by atoms with Gasteiger partial charge in [0.05, 0.1) is 19.2 Å². The average molecular weight is 357 g/mol. The molecule has 8 nitrogen and oxygen atoms in total. The van der Waals surface area contributed by atoms with Gasteiger partial charge in [0.25, 0.3) is 5.91 Å². The summed E-state index contributed by atoms with van der Waals surface area (Å²) in [5, 5.41) is 4.47. The van der Waals surface area contributed by atoms with Crippen LogP contribution >= 0.6 is 11.6 Å². The van der Waals surface area contributed by atoms with Crippen molar-refractivity contribution in [2.75, 3.05) is 27.9 Å². The van der Waals surface area contributed by atoms with Gasteiger partial charge in [-0.25, -0.2) is 9.59 Å². The molecule has 0 unspecified atom stereocenters. The van der Waals surface area contributed by atoms with Crippen molar-refractivity contribution in [2.45, 2.75) is 0 Å². The van der Waals surface area contributed by atoms with E-state index in [0.717, 1.165) is 6.08 Å². The first-order valence-corrected chi connectivity index (χ1v) is 7.07. The molecule has 2 N–H and O–H groups in total. The summed E-state index contributed by atoms with van der Waals surface area (Å²) in [6, 6.07) is 2.50. The lowest BCUT2D eigenvalue weighted by Gasteiger charge is -2.10. The number of esters is 1. The molecule has 3 amide bonds. The minimum Gasteiger partial charge on any atom is -0.493 e. The Hall–Kier alpha value is -2.74. The fourth-order valence-corrected chi connectivity index (χ4v) is 1.90. The highest BCUT2D eigenvalue weighted by atomic mass is 35.5. The Kier molecular flexibility index (Phi) is 7.57. The van der Waals surface area contributed by atoms with E-state index in [0.29, 0.717) is 22.1 Å². The van der Waals surface area contributed by atoms with Crippen LogP contribution in [0.3, 0.4) is 0 Å². The molecule has 0 aliphatic rings. The Morgan fingerprint density at radius 2 is 1.92 bits per heavy atom. The Labute approximate surface area is 143 Å². The smallest absolute Gasteiger partial charge is 0.331 e. The summed E-state index contributed by atoms with van der Waals surface area (Å²) >= 11 is 6.05. The molecule has 9 heteroatoms. The van der Waals surface area contributed by atoms with Crippen LogP contribution in [0.2, 0.25) is 5.02 Å². The molecule has 0 aliphatic heterocycles. The number of ether oxygens (including phenoxy) is 3. The van der Waals surface area contributed by atoms with Gasteiger partial charge in [-0.2, -0.15) is 0 Å². The van der Waals surface area contributed by atoms with Crippen LogP contribution in [-0.2, 0) is 14.3 Å². The van der Waals surface area contributed by atoms with Crippen molar-refractivity contribution < 1.29 is 28.6 Å². The second-order valence-electron chi connectivity index (χ2n) is 4.31. The van der Waals surface area contributed by atoms with Crippen LogP contribution in [0.1, 0.15) is 5.56 Å². The molecule has 0 spiro atoms. The lowest BCUT2D eigenvalue weighted by Crippen LogP contribution is -2.39. The zero-order chi connectivity index (χ0) is 18.1. The molecule has 1 aromatic carbocycles. The molecule has 0 heterocycles. The fourth-order valence-electron chi connectivity index (χ4n) is 1.61. The summed E-state index contributed by atoms with van der Waals surface area (Å²) in [4.78, 5) is 33.7. The normalized spacial score (nSPS) is 10.2. The van der Waals surface area contributed by atoms with Gasteiger partial charge in [0.1, 0.15) is 0 Å². The Balaban J connectivity index is 2.66. The summed E-state index contributed by atoms with van der Waals surface area (Å²) in [6.07, 6.45) is 2.55. The van der Waals surface area contributed by atoms with Gasteiger partial charge in [-0.1, -0.05) is 11.6 Å². The first kappa shape index (κ1) is 19.3. The molecule has 0 aliphatic carbocycles. The van der Waals surface area contributed by atoms with Crippen molar-refractivity contribution in [1.82, 2.24) is 10.6 Å². The van der Waals surface area contributed by atoms with Gasteiger partial charge in [0.2, 0.25) is 0 Å². The standard InChI is InChI=1S/C15H17ClN2O6/c1-17-15(21)18-12(19)8-24-13(20)5-4-9-6-10(16)14(23-3)11(7-9)22-2/h4-7H,8H2,1-3H3,(H2,17,18,19,21)/b5-4+. The van der Waals surface area contributed by atoms with Gasteiger partial charge in [0.15, 0.2) is 18.1 Å². The molecule has 24 heavy (non-hydrogen) atoms. The van der Waals surface area contributed by atoms with E-state index in [1.165, 1.54) is 27.3 Å². The van der Waals surface area contributed by atoms with Gasteiger partial charge in [-0.15, -0.1) is 0 Å². The molecule has 0 saturated carbocycles. The van der Waals surface area contributed by atoms with E-state index in [9.17, 15) is 14.4 Å². The maximum absolute atomic E-state index is 11.6. The van der Waals surface area contributed by atoms with E-state index in [4.69, 9.17) is 25.8 Å². The molecule has 0 bridgehead atoms. The molecular weight excluding hydrogens is 340 g/mol. The molecule has 0 fully saturated rings. The maximum Gasteiger partial charge on any atom is 0.331 e. The van der Waals surface area contributed by atoms with Crippen molar-refractivity contribution in [3.8, 4) is 11.5 Å². The van der Waals surface area contributed by atoms with E-state index >= 15 is 0 Å². The van der Waals surface area contributed by atoms with Crippen LogP contribution in [-0.4, -0.2) is 45.8 Å². The van der Waals surface area contributed by atoms with Crippen molar-refractivity contribution in [1.29, 1.82) is 0 Å². The average Bonchev–Trinajstić information content (AvgIpc) is 2.57. The van der Waals surface area contributed by atoms with Crippen molar-refractivity contribution in [3.63, 3.8) is 0 Å². The zero-order valence-corrected chi connectivity index (χ0v) is 14.1. The van der Waals surface area contributed by atoms with Crippen molar-refractivity contribution in [2.24, 2.45) is 0 Å². The summed E-state index contributed by atoms with van der Waals surface area (Å²) < 4.78 is 14.9. The summed E-state index contributed by atoms with van der Waals surface area (Å²) in [7, 11) is 4.27. The number of urea groups is 1. The Morgan fingerprint density at radius 1 is 1.21 bits per heavy atom. The topological polar surface area (TPSA) is 103 Å². The minimum absolute atomic E-state index is 0.315. The molecule has 0 saturated heterocycles. The van der Waals surface area contributed by atoms with E-state index in [1.54, 1.807) is 12.1 Å². The number of benzene rings is 1. The first-order valence-electron chi connectivity index (χ1n) is 6.69. The third-order valence-corrected chi connectivity index (χ3v) is 2.97. The van der Waals surface area contributed by atoms with E-state index in [1.807, 2.05) is 5.32 Å². The van der Waals surface area contributed by atoms with Gasteiger partial charge in [-0.3, -0.25) is 10.1 Å². The van der Waals surface area contributed by atoms with E-state index in [2.05, 4.69) is 5.32 Å². The number of methoxy groups -OCH3 is 2. The van der Waals surface area contributed by atoms with Gasteiger partial charge in [-0.05, 0) is 23.8 Å². The highest BCUT2D eigenvalue weighted by Gasteiger charge is 2.11. The number of imide groups is 1. The Morgan fingerprint density at radius 3 is 2.50 bits per heavy atom. The van der Waals surface area contributed by atoms with E-state index < -0.39 is 24.5 Å². The number of carbonyl (C=O) groups excluding carboxylic acids is 3. The molecule has 1 rings (SSSR count). The van der Waals surface area contributed by atoms with Crippen LogP contribution in [0.4, 0.5) is 4.79 Å². The largest absolute Gasteiger partial charge is 0.493 e. The summed E-state index contributed by atoms with van der Waals surface area (Å²) in [6.45, 7) is -0.580. The van der Waals surface area contributed by atoms with Crippen LogP contribution < -0.4 is 20.1 Å². The number of amides is 3. The third kappa shape index (κ3) is 5.81. The fraction of sp³-hybridized carbons (Fsp3) is 0.267. The first-order chi connectivity index (χ1) is 11.4. The maximum atomic E-state index is 11.6. The summed E-state index contributed by atoms with van der Waals surface area (Å²) in [5.41, 5.74) is 0.574. The predicted molar refractivity (Wildman–Crippen MR) is 87.1 cm³/mol. The van der Waals surface area contributed by atoms with Gasteiger partial charge in [0, 0.05) is 13.1 Å². The monoisotopic (exact) mass is 356 g/mol. The van der Waals surface area contributed by atoms with Crippen LogP contribution in [0.5, 0.6) is 11.5 Å². The SMILES string of the molecule is CNC(=O)NC(=O)COC(=O)/C=C/c1cc(Cl)c(OC)c(OC)c1. The lowest BCUT2D eigenvalue weighted by atomic mass is 10.2. The highest BCUT2D eigenvalue weighted by Crippen LogP contribution is 2.36. The van der Waals surface area contributed by atoms with Crippen molar-refractivity contribution >= 4 is 35.6 Å². The van der Waals surface area contributed by atoms with Crippen LogP contribution in [0.15, 0.2) is 18.2 Å². The van der Waals surface area contributed by atoms with Gasteiger partial charge < -0.3 is 19.5 Å². The molecule has 130 valence electrons. The van der Waals surface area contributed by atoms with Crippen LogP contribution in [0.25, 0.3) is 6.08 Å². The predicted octanol–water partition coefficient (Wildman–Crippen LogP) is 1.37. The Bertz CT molecular complexity index is 660. The van der Waals surface area contributed by atoms with Crippen LogP contribution in [0, 0.1) is 0 Å². The zero-order valence-electron chi connectivity index (χ0n) is 13.3. The number of halogens is 1. The van der Waals surface area contributed by atoms with Gasteiger partial charge >= 0.3 is 12.0 Å². The summed E-state index contributed by atoms with van der Waals surface area (Å²) in [5.74, 6) is -0.717. The third-order valence-electron chi connectivity index (χ3n) is 2.69. The number of hydrogen-bond acceptors (Lipinski definition) is 6. The molecule has 0 atom stereocenters. The quantitative estimate of drug-likeness (QED) is 0.589. The highest BCUT2D eigenvalue weighted by molar-refractivity contribution is 6.32. The molecule has 0 radical (unpaired) electrons. The van der Waals surface area contributed by atoms with E-state index in [-0.39, 0.29) is 0 Å². The molecule has 0 aromatic heterocycles. The number of nitrogens with one attached hydrogen (secondary N) is 2. The number of carbonyl (C=O) groups is 3. The lowest BCUT2D eigenvalue weighted by molar-refractivity contribution is -0.143.